The van der Waals surface area contributed by atoms with E-state index in [-0.39, 0.29) is 47.5 Å². The van der Waals surface area contributed by atoms with Crippen molar-refractivity contribution in [3.05, 3.63) is 116 Å². The smallest absolute Gasteiger partial charge is 0.264 e. The minimum atomic E-state index is -0.160. The van der Waals surface area contributed by atoms with Crippen LogP contribution in [0.4, 0.5) is 10.0 Å². The summed E-state index contributed by atoms with van der Waals surface area (Å²) in [5, 5.41) is 15.9. The number of hydrogen-bond acceptors (Lipinski definition) is 13. The van der Waals surface area contributed by atoms with Crippen LogP contribution in [0.25, 0.3) is 20.9 Å². The maximum absolute atomic E-state index is 13.3. The summed E-state index contributed by atoms with van der Waals surface area (Å²) in [6.07, 6.45) is 13.8. The molecule has 4 amide bonds. The lowest BCUT2D eigenvalue weighted by atomic mass is 10.0. The van der Waals surface area contributed by atoms with Gasteiger partial charge in [-0.3, -0.25) is 24.1 Å². The highest BCUT2D eigenvalue weighted by Gasteiger charge is 2.36. The molecule has 0 bridgehead atoms. The number of rotatable bonds is 20. The molecule has 1 unspecified atom stereocenters. The van der Waals surface area contributed by atoms with Crippen LogP contribution in [-0.2, 0) is 22.7 Å². The minimum Gasteiger partial charge on any atom is -0.336 e. The fraction of sp³-hybridized carbons (Fsp3) is 0.434. The van der Waals surface area contributed by atoms with E-state index in [9.17, 15) is 19.2 Å². The summed E-state index contributed by atoms with van der Waals surface area (Å²) in [6, 6.07) is 24.7. The molecule has 4 saturated heterocycles. The molecule has 0 saturated carbocycles. The summed E-state index contributed by atoms with van der Waals surface area (Å²) in [5.74, 6) is 0.358. The number of unbranched alkanes of at least 4 members (excludes halogenated alkanes) is 4. The van der Waals surface area contributed by atoms with E-state index in [0.717, 1.165) is 95.7 Å². The number of thiazole rings is 2. The molecule has 4 aliphatic heterocycles. The fourth-order valence-corrected chi connectivity index (χ4v) is 13.5. The summed E-state index contributed by atoms with van der Waals surface area (Å²) in [5.41, 5.74) is 4.87. The van der Waals surface area contributed by atoms with Crippen molar-refractivity contribution in [2.45, 2.75) is 102 Å². The second kappa shape index (κ2) is 22.5. The molecule has 17 heteroatoms. The molecule has 13 nitrogen and oxygen atoms in total. The Morgan fingerprint density at radius 2 is 1.11 bits per heavy atom. The third kappa shape index (κ3) is 11.6. The van der Waals surface area contributed by atoms with E-state index in [1.807, 2.05) is 46.5 Å². The zero-order chi connectivity index (χ0) is 48.0. The summed E-state index contributed by atoms with van der Waals surface area (Å²) >= 11 is 6.12. The molecule has 70 heavy (non-hydrogen) atoms. The Morgan fingerprint density at radius 3 is 1.57 bits per heavy atom. The van der Waals surface area contributed by atoms with Crippen molar-refractivity contribution in [2.75, 3.05) is 56.4 Å². The second-order valence-corrected chi connectivity index (χ2v) is 23.4. The summed E-state index contributed by atoms with van der Waals surface area (Å²) in [7, 11) is 0. The van der Waals surface area contributed by atoms with Gasteiger partial charge in [0.1, 0.15) is 0 Å². The lowest BCUT2D eigenvalue weighted by molar-refractivity contribution is -0.118. The van der Waals surface area contributed by atoms with Crippen LogP contribution in [0.15, 0.2) is 85.2 Å². The van der Waals surface area contributed by atoms with Gasteiger partial charge in [-0.05, 0) is 110 Å². The van der Waals surface area contributed by atoms with Gasteiger partial charge in [0.15, 0.2) is 0 Å². The average molecular weight is 1020 g/mol. The van der Waals surface area contributed by atoms with Crippen molar-refractivity contribution < 1.29 is 19.2 Å². The largest absolute Gasteiger partial charge is 0.336 e. The van der Waals surface area contributed by atoms with Gasteiger partial charge in [0, 0.05) is 63.5 Å². The van der Waals surface area contributed by atoms with Gasteiger partial charge in [0.05, 0.1) is 51.6 Å². The summed E-state index contributed by atoms with van der Waals surface area (Å²) in [6.45, 7) is 9.22. The molecule has 8 heterocycles. The highest BCUT2D eigenvalue weighted by atomic mass is 32.1. The Kier molecular flexibility index (Phi) is 15.6. The van der Waals surface area contributed by atoms with Crippen molar-refractivity contribution in [3.63, 3.8) is 0 Å². The number of thiophene rings is 2. The first-order valence-electron chi connectivity index (χ1n) is 24.9. The standard InChI is InChI=1S/C53H61N9O4S4/c1-2-3-4-5-6-23-60(28-34-11-7-13-36(24-34)44-26-56-50(69-44)38-30-61(31-38)52(65)42-17-19-46(67-42)58-48(63)40-15-9-21-54-40)29-35-12-8-14-37(25-35)45-27-57-51(70-45)39-32-62(33-39)53(66)43-18-20-47(68-43)59-49(64)41-16-10-22-55-41/h7-8,11-14,17-20,24-27,38-41,54-55H,2-6,9-10,15-16,21-23,28-33H2,1H3,(H,58,63)(H,59,64)/t40-,41?/m0/s1. The average Bonchev–Trinajstić information content (AvgIpc) is 4.20. The maximum Gasteiger partial charge on any atom is 0.264 e. The first-order chi connectivity index (χ1) is 34.2. The van der Waals surface area contributed by atoms with Crippen molar-refractivity contribution in [1.82, 2.24) is 35.3 Å². The number of nitrogens with zero attached hydrogens (tertiary/aromatic N) is 5. The van der Waals surface area contributed by atoms with Gasteiger partial charge < -0.3 is 31.1 Å². The summed E-state index contributed by atoms with van der Waals surface area (Å²) in [4.78, 5) is 71.4. The van der Waals surface area contributed by atoms with E-state index in [2.05, 4.69) is 81.6 Å². The Labute approximate surface area is 426 Å². The molecule has 0 spiro atoms. The predicted octanol–water partition coefficient (Wildman–Crippen LogP) is 9.89. The predicted molar refractivity (Wildman–Crippen MR) is 283 cm³/mol. The first kappa shape index (κ1) is 48.5. The van der Waals surface area contributed by atoms with Crippen molar-refractivity contribution in [1.29, 1.82) is 0 Å². The Morgan fingerprint density at radius 1 is 0.629 bits per heavy atom. The number of hydrogen-bond donors (Lipinski definition) is 4. The molecule has 2 atom stereocenters. The monoisotopic (exact) mass is 1020 g/mol. The van der Waals surface area contributed by atoms with E-state index < -0.39 is 0 Å². The zero-order valence-corrected chi connectivity index (χ0v) is 42.9. The van der Waals surface area contributed by atoms with Crippen LogP contribution in [-0.4, -0.2) is 106 Å². The van der Waals surface area contributed by atoms with Crippen molar-refractivity contribution in [2.24, 2.45) is 0 Å². The van der Waals surface area contributed by atoms with Gasteiger partial charge in [-0.2, -0.15) is 0 Å². The van der Waals surface area contributed by atoms with Gasteiger partial charge in [0.25, 0.3) is 11.8 Å². The third-order valence-corrected chi connectivity index (χ3v) is 18.2. The number of anilines is 2. The normalized spacial score (nSPS) is 18.3. The Balaban J connectivity index is 0.730. The van der Waals surface area contributed by atoms with Crippen molar-refractivity contribution in [3.8, 4) is 20.9 Å². The number of benzene rings is 2. The SMILES string of the molecule is CCCCCCCN(Cc1cccc(-c2cnc(C3CN(C(=O)c4ccc(NC(=O)C5CCCN5)s4)C3)s2)c1)Cc1cccc(-c2cnc(C3CN(C(=O)c4ccc(NC(=O)[C@@H]5CCCN5)s4)C3)s2)c1. The van der Waals surface area contributed by atoms with Crippen LogP contribution in [0, 0.1) is 0 Å². The maximum atomic E-state index is 13.3. The van der Waals surface area contributed by atoms with Crippen LogP contribution in [0.3, 0.4) is 0 Å². The number of carbonyl (C=O) groups is 4. The number of carbonyl (C=O) groups excluding carboxylic acids is 4. The molecule has 4 fully saturated rings. The molecule has 4 aromatic heterocycles. The molecular weight excluding hydrogens is 955 g/mol. The van der Waals surface area contributed by atoms with Gasteiger partial charge in [-0.15, -0.1) is 45.3 Å². The Bertz CT molecular complexity index is 2600. The van der Waals surface area contributed by atoms with Gasteiger partial charge in [-0.25, -0.2) is 9.97 Å². The van der Waals surface area contributed by atoms with Crippen LogP contribution in [0.2, 0.25) is 0 Å². The molecule has 4 N–H and O–H groups in total. The second-order valence-electron chi connectivity index (χ2n) is 19.1. The first-order valence-corrected chi connectivity index (χ1v) is 28.2. The summed E-state index contributed by atoms with van der Waals surface area (Å²) < 4.78 is 0. The topological polar surface area (TPSA) is 152 Å². The molecular formula is C53H61N9O4S4. The lowest BCUT2D eigenvalue weighted by Gasteiger charge is -2.37. The van der Waals surface area contributed by atoms with Gasteiger partial charge in [-0.1, -0.05) is 69.0 Å². The quantitative estimate of drug-likeness (QED) is 0.0548. The highest BCUT2D eigenvalue weighted by molar-refractivity contribution is 7.18. The number of likely N-dealkylation sites (tertiary alicyclic amines) is 2. The van der Waals surface area contributed by atoms with Gasteiger partial charge >= 0.3 is 0 Å². The van der Waals surface area contributed by atoms with E-state index in [1.54, 1.807) is 22.7 Å². The van der Waals surface area contributed by atoms with Gasteiger partial charge in [0.2, 0.25) is 11.8 Å². The zero-order valence-electron chi connectivity index (χ0n) is 39.6. The number of aromatic nitrogens is 2. The van der Waals surface area contributed by atoms with E-state index >= 15 is 0 Å². The fourth-order valence-electron chi connectivity index (χ4n) is 9.72. The molecule has 366 valence electrons. The van der Waals surface area contributed by atoms with Crippen LogP contribution >= 0.6 is 45.3 Å². The molecule has 2 aromatic carbocycles. The lowest BCUT2D eigenvalue weighted by Crippen LogP contribution is -2.48. The molecule has 6 aromatic rings. The molecule has 4 aliphatic rings. The van der Waals surface area contributed by atoms with E-state index in [0.29, 0.717) is 45.9 Å². The third-order valence-electron chi connectivity index (χ3n) is 13.8. The van der Waals surface area contributed by atoms with Crippen LogP contribution in [0.5, 0.6) is 0 Å². The highest BCUT2D eigenvalue weighted by Crippen LogP contribution is 2.38. The minimum absolute atomic E-state index is 0.00267. The molecule has 0 radical (unpaired) electrons. The molecule has 10 rings (SSSR count). The van der Waals surface area contributed by atoms with Crippen molar-refractivity contribution >= 4 is 79.0 Å². The van der Waals surface area contributed by atoms with Crippen LogP contribution < -0.4 is 21.3 Å². The molecule has 0 aliphatic carbocycles. The van der Waals surface area contributed by atoms with E-state index in [1.165, 1.54) is 59.5 Å². The number of nitrogens with one attached hydrogen (secondary N) is 4. The Hall–Kier alpha value is -5.14. The number of amides is 4. The van der Waals surface area contributed by atoms with Crippen LogP contribution in [0.1, 0.15) is 117 Å². The van der Waals surface area contributed by atoms with E-state index in [4.69, 9.17) is 9.97 Å².